The topological polar surface area (TPSA) is 20.2 Å². The maximum atomic E-state index is 12.8. The van der Waals surface area contributed by atoms with Gasteiger partial charge in [-0.05, 0) is 24.1 Å². The van der Waals surface area contributed by atoms with Crippen molar-refractivity contribution >= 4 is 0 Å². The largest absolute Gasteiger partial charge is 0.418 e. The summed E-state index contributed by atoms with van der Waals surface area (Å²) < 4.78 is 49.1. The van der Waals surface area contributed by atoms with E-state index >= 15 is 0 Å². The van der Waals surface area contributed by atoms with Crippen molar-refractivity contribution in [2.45, 2.75) is 19.2 Å². The van der Waals surface area contributed by atoms with Crippen molar-refractivity contribution in [2.24, 2.45) is 0 Å². The van der Waals surface area contributed by atoms with Gasteiger partial charge in [-0.25, -0.2) is 4.39 Å². The molecule has 0 bridgehead atoms. The maximum Gasteiger partial charge on any atom is 0.418 e. The first-order valence-electron chi connectivity index (χ1n) is 3.84. The molecule has 0 fully saturated rings. The summed E-state index contributed by atoms with van der Waals surface area (Å²) in [4.78, 5) is 0. The number of hydrogen-bond donors (Lipinski definition) is 1. The highest BCUT2D eigenvalue weighted by Crippen LogP contribution is 2.34. The zero-order valence-electron chi connectivity index (χ0n) is 7.27. The van der Waals surface area contributed by atoms with Crippen molar-refractivity contribution in [2.75, 3.05) is 0 Å². The van der Waals surface area contributed by atoms with E-state index < -0.39 is 23.7 Å². The van der Waals surface area contributed by atoms with E-state index in [2.05, 4.69) is 0 Å². The Hall–Kier alpha value is -1.10. The van der Waals surface area contributed by atoms with E-state index in [1.165, 1.54) is 6.92 Å². The number of alkyl halides is 3. The molecule has 1 aromatic rings. The standard InChI is InChI=1S/C9H8F4O/c1-5-6(3-2-4-7(5)10)8(14)9(11,12)13/h2-4,8,14H,1H3/t8-/m1/s1. The Morgan fingerprint density at radius 3 is 2.36 bits per heavy atom. The molecule has 1 nitrogen and oxygen atoms in total. The van der Waals surface area contributed by atoms with Gasteiger partial charge in [0.15, 0.2) is 6.10 Å². The average molecular weight is 208 g/mol. The molecule has 78 valence electrons. The van der Waals surface area contributed by atoms with Gasteiger partial charge >= 0.3 is 6.18 Å². The molecule has 0 saturated carbocycles. The summed E-state index contributed by atoms with van der Waals surface area (Å²) in [6.07, 6.45) is -7.39. The minimum absolute atomic E-state index is 0.183. The minimum atomic E-state index is -4.77. The molecule has 1 rings (SSSR count). The van der Waals surface area contributed by atoms with Gasteiger partial charge in [0.1, 0.15) is 5.82 Å². The Labute approximate surface area is 78.0 Å². The zero-order valence-corrected chi connectivity index (χ0v) is 7.27. The van der Waals surface area contributed by atoms with Crippen molar-refractivity contribution in [3.05, 3.63) is 35.1 Å². The van der Waals surface area contributed by atoms with E-state index in [9.17, 15) is 17.6 Å². The van der Waals surface area contributed by atoms with E-state index in [0.717, 1.165) is 18.2 Å². The third-order valence-electron chi connectivity index (χ3n) is 1.91. The van der Waals surface area contributed by atoms with E-state index in [-0.39, 0.29) is 5.56 Å². The number of benzene rings is 1. The first-order chi connectivity index (χ1) is 6.34. The lowest BCUT2D eigenvalue weighted by Gasteiger charge is -2.16. The van der Waals surface area contributed by atoms with Crippen molar-refractivity contribution in [3.63, 3.8) is 0 Å². The molecule has 0 spiro atoms. The summed E-state index contributed by atoms with van der Waals surface area (Å²) >= 11 is 0. The third kappa shape index (κ3) is 2.04. The van der Waals surface area contributed by atoms with Crippen LogP contribution in [-0.2, 0) is 0 Å². The lowest BCUT2D eigenvalue weighted by Crippen LogP contribution is -2.21. The highest BCUT2D eigenvalue weighted by atomic mass is 19.4. The summed E-state index contributed by atoms with van der Waals surface area (Å²) in [5.41, 5.74) is -0.630. The lowest BCUT2D eigenvalue weighted by molar-refractivity contribution is -0.207. The third-order valence-corrected chi connectivity index (χ3v) is 1.91. The van der Waals surface area contributed by atoms with Crippen LogP contribution in [0.2, 0.25) is 0 Å². The molecular formula is C9H8F4O. The molecule has 1 N–H and O–H groups in total. The van der Waals surface area contributed by atoms with Crippen molar-refractivity contribution < 1.29 is 22.7 Å². The van der Waals surface area contributed by atoms with Gasteiger partial charge < -0.3 is 5.11 Å². The quantitative estimate of drug-likeness (QED) is 0.703. The molecule has 5 heteroatoms. The summed E-state index contributed by atoms with van der Waals surface area (Å²) in [7, 11) is 0. The molecule has 0 radical (unpaired) electrons. The number of hydrogen-bond acceptors (Lipinski definition) is 1. The van der Waals surface area contributed by atoms with Crippen LogP contribution in [0.3, 0.4) is 0 Å². The van der Waals surface area contributed by atoms with Crippen LogP contribution in [0.5, 0.6) is 0 Å². The first kappa shape index (κ1) is 11.0. The van der Waals surface area contributed by atoms with Gasteiger partial charge in [-0.1, -0.05) is 12.1 Å². The first-order valence-corrected chi connectivity index (χ1v) is 3.84. The van der Waals surface area contributed by atoms with Gasteiger partial charge in [-0.2, -0.15) is 13.2 Å². The molecule has 0 aromatic heterocycles. The second kappa shape index (κ2) is 3.57. The maximum absolute atomic E-state index is 12.8. The Morgan fingerprint density at radius 1 is 1.29 bits per heavy atom. The Bertz CT molecular complexity index is 332. The number of aliphatic hydroxyl groups excluding tert-OH is 1. The zero-order chi connectivity index (χ0) is 10.9. The second-order valence-corrected chi connectivity index (χ2v) is 2.90. The Morgan fingerprint density at radius 2 is 1.86 bits per heavy atom. The van der Waals surface area contributed by atoms with Crippen LogP contribution >= 0.6 is 0 Å². The molecular weight excluding hydrogens is 200 g/mol. The highest BCUT2D eigenvalue weighted by molar-refractivity contribution is 5.29. The summed E-state index contributed by atoms with van der Waals surface area (Å²) in [6, 6.07) is 3.23. The fourth-order valence-electron chi connectivity index (χ4n) is 1.10. The predicted molar refractivity (Wildman–Crippen MR) is 42.2 cm³/mol. The predicted octanol–water partition coefficient (Wildman–Crippen LogP) is 2.73. The van der Waals surface area contributed by atoms with Crippen molar-refractivity contribution in [3.8, 4) is 0 Å². The molecule has 0 aliphatic heterocycles. The molecule has 0 aliphatic rings. The fraction of sp³-hybridized carbons (Fsp3) is 0.333. The molecule has 1 aromatic carbocycles. The molecule has 14 heavy (non-hydrogen) atoms. The van der Waals surface area contributed by atoms with Gasteiger partial charge in [-0.15, -0.1) is 0 Å². The van der Waals surface area contributed by atoms with Crippen LogP contribution in [-0.4, -0.2) is 11.3 Å². The van der Waals surface area contributed by atoms with Gasteiger partial charge in [0.05, 0.1) is 0 Å². The van der Waals surface area contributed by atoms with Gasteiger partial charge in [0, 0.05) is 0 Å². The number of halogens is 4. The van der Waals surface area contributed by atoms with Crippen LogP contribution < -0.4 is 0 Å². The SMILES string of the molecule is Cc1c(F)cccc1[C@@H](O)C(F)(F)F. The summed E-state index contributed by atoms with van der Waals surface area (Å²) in [6.45, 7) is 1.19. The smallest absolute Gasteiger partial charge is 0.379 e. The Kier molecular flexibility index (Phi) is 2.80. The van der Waals surface area contributed by atoms with Gasteiger partial charge in [0.2, 0.25) is 0 Å². The van der Waals surface area contributed by atoms with Crippen molar-refractivity contribution in [1.82, 2.24) is 0 Å². The normalized spacial score (nSPS) is 14.1. The number of aliphatic hydroxyl groups is 1. The van der Waals surface area contributed by atoms with Crippen LogP contribution in [0.25, 0.3) is 0 Å². The van der Waals surface area contributed by atoms with Gasteiger partial charge in [-0.3, -0.25) is 0 Å². The van der Waals surface area contributed by atoms with Crippen molar-refractivity contribution in [1.29, 1.82) is 0 Å². The molecule has 0 aliphatic carbocycles. The highest BCUT2D eigenvalue weighted by Gasteiger charge is 2.40. The van der Waals surface area contributed by atoms with Crippen LogP contribution in [0.4, 0.5) is 17.6 Å². The Balaban J connectivity index is 3.14. The molecule has 0 heterocycles. The molecule has 0 unspecified atom stereocenters. The minimum Gasteiger partial charge on any atom is -0.379 e. The van der Waals surface area contributed by atoms with Gasteiger partial charge in [0.25, 0.3) is 0 Å². The van der Waals surface area contributed by atoms with E-state index in [0.29, 0.717) is 0 Å². The lowest BCUT2D eigenvalue weighted by atomic mass is 10.0. The van der Waals surface area contributed by atoms with Crippen LogP contribution in [0.1, 0.15) is 17.2 Å². The monoisotopic (exact) mass is 208 g/mol. The van der Waals surface area contributed by atoms with E-state index in [1.54, 1.807) is 0 Å². The fourth-order valence-corrected chi connectivity index (χ4v) is 1.10. The summed E-state index contributed by atoms with van der Waals surface area (Å²) in [5, 5.41) is 8.87. The average Bonchev–Trinajstić information content (AvgIpc) is 2.07. The van der Waals surface area contributed by atoms with E-state index in [4.69, 9.17) is 5.11 Å². The number of rotatable bonds is 1. The molecule has 1 atom stereocenters. The molecule has 0 amide bonds. The second-order valence-electron chi connectivity index (χ2n) is 2.90. The van der Waals surface area contributed by atoms with Crippen LogP contribution in [0, 0.1) is 12.7 Å². The molecule has 0 saturated heterocycles. The van der Waals surface area contributed by atoms with Crippen LogP contribution in [0.15, 0.2) is 18.2 Å². The summed E-state index contributed by atoms with van der Waals surface area (Å²) in [5.74, 6) is -0.759. The van der Waals surface area contributed by atoms with E-state index in [1.807, 2.05) is 0 Å².